The predicted molar refractivity (Wildman–Crippen MR) is 106 cm³/mol. The van der Waals surface area contributed by atoms with E-state index in [0.29, 0.717) is 37.6 Å². The van der Waals surface area contributed by atoms with Crippen LogP contribution in [0.15, 0.2) is 48.5 Å². The molecule has 1 aliphatic rings. The van der Waals surface area contributed by atoms with Crippen LogP contribution in [0.4, 0.5) is 11.4 Å². The summed E-state index contributed by atoms with van der Waals surface area (Å²) in [6.07, 6.45) is 0. The summed E-state index contributed by atoms with van der Waals surface area (Å²) in [5, 5.41) is 12.2. The molecule has 1 saturated heterocycles. The van der Waals surface area contributed by atoms with Crippen molar-refractivity contribution >= 4 is 28.2 Å². The Bertz CT molecular complexity index is 1040. The Balaban J connectivity index is 1.48. The number of H-pyrrole nitrogens is 1. The van der Waals surface area contributed by atoms with Crippen LogP contribution in [0.25, 0.3) is 10.9 Å². The Hall–Kier alpha value is -3.55. The fraction of sp³-hybridized carbons (Fsp3) is 0.250. The molecule has 0 spiro atoms. The number of hydrogen-bond acceptors (Lipinski definition) is 5. The number of aromatic nitrogens is 1. The first-order valence-corrected chi connectivity index (χ1v) is 9.01. The normalized spacial score (nSPS) is 14.3. The van der Waals surface area contributed by atoms with Gasteiger partial charge in [0.05, 0.1) is 12.0 Å². The van der Waals surface area contributed by atoms with Crippen LogP contribution in [0, 0.1) is 10.1 Å². The molecule has 0 radical (unpaired) electrons. The molecule has 4 rings (SSSR count). The number of para-hydroxylation sites is 2. The highest BCUT2D eigenvalue weighted by atomic mass is 16.6. The molecule has 0 aliphatic carbocycles. The van der Waals surface area contributed by atoms with Gasteiger partial charge in [0, 0.05) is 49.2 Å². The van der Waals surface area contributed by atoms with Crippen LogP contribution in [0.3, 0.4) is 0 Å². The molecule has 3 aromatic rings. The first-order valence-electron chi connectivity index (χ1n) is 9.01. The van der Waals surface area contributed by atoms with Crippen molar-refractivity contribution in [1.82, 2.24) is 9.88 Å². The molecule has 2 aromatic carbocycles. The van der Waals surface area contributed by atoms with Gasteiger partial charge in [-0.1, -0.05) is 12.1 Å². The number of nitrogens with one attached hydrogen (secondary N) is 1. The summed E-state index contributed by atoms with van der Waals surface area (Å²) in [5.41, 5.74) is 2.06. The highest BCUT2D eigenvalue weighted by Gasteiger charge is 2.26. The standard InChI is InChI=1S/C20H20N4O4/c1-28-15-7-6-14-12-17(21-16(14)13-15)20(25)23-10-8-22(9-11-23)18-4-2-3-5-19(18)24(26)27/h2-7,12-13,21H,8-11H2,1H3. The van der Waals surface area contributed by atoms with Crippen molar-refractivity contribution in [3.63, 3.8) is 0 Å². The van der Waals surface area contributed by atoms with Gasteiger partial charge in [0.15, 0.2) is 0 Å². The number of fused-ring (bicyclic) bond motifs is 1. The number of carbonyl (C=O) groups excluding carboxylic acids is 1. The number of ether oxygens (including phenoxy) is 1. The van der Waals surface area contributed by atoms with Crippen molar-refractivity contribution in [3.8, 4) is 5.75 Å². The number of hydrogen-bond donors (Lipinski definition) is 1. The zero-order chi connectivity index (χ0) is 19.7. The largest absolute Gasteiger partial charge is 0.497 e. The maximum absolute atomic E-state index is 12.9. The molecule has 2 heterocycles. The lowest BCUT2D eigenvalue weighted by Crippen LogP contribution is -2.49. The van der Waals surface area contributed by atoms with Crippen LogP contribution in [-0.2, 0) is 0 Å². The molecule has 28 heavy (non-hydrogen) atoms. The number of nitro groups is 1. The third-order valence-electron chi connectivity index (χ3n) is 5.05. The van der Waals surface area contributed by atoms with Crippen molar-refractivity contribution < 1.29 is 14.5 Å². The Morgan fingerprint density at radius 2 is 1.86 bits per heavy atom. The molecule has 8 heteroatoms. The molecule has 144 valence electrons. The van der Waals surface area contributed by atoms with Gasteiger partial charge in [-0.15, -0.1) is 0 Å². The van der Waals surface area contributed by atoms with E-state index in [0.717, 1.165) is 16.7 Å². The van der Waals surface area contributed by atoms with E-state index in [2.05, 4.69) is 4.98 Å². The summed E-state index contributed by atoms with van der Waals surface area (Å²) in [7, 11) is 1.60. The quantitative estimate of drug-likeness (QED) is 0.555. The van der Waals surface area contributed by atoms with Gasteiger partial charge in [-0.2, -0.15) is 0 Å². The van der Waals surface area contributed by atoms with Gasteiger partial charge in [-0.05, 0) is 24.3 Å². The summed E-state index contributed by atoms with van der Waals surface area (Å²) in [6, 6.07) is 14.2. The smallest absolute Gasteiger partial charge is 0.292 e. The predicted octanol–water partition coefficient (Wildman–Crippen LogP) is 3.05. The summed E-state index contributed by atoms with van der Waals surface area (Å²) in [4.78, 5) is 30.7. The maximum atomic E-state index is 12.9. The number of benzene rings is 2. The Morgan fingerprint density at radius 3 is 2.57 bits per heavy atom. The van der Waals surface area contributed by atoms with Gasteiger partial charge >= 0.3 is 0 Å². The average molecular weight is 380 g/mol. The van der Waals surface area contributed by atoms with Crippen molar-refractivity contribution in [2.75, 3.05) is 38.2 Å². The molecule has 0 bridgehead atoms. The lowest BCUT2D eigenvalue weighted by molar-refractivity contribution is -0.384. The maximum Gasteiger partial charge on any atom is 0.292 e. The number of aromatic amines is 1. The van der Waals surface area contributed by atoms with Crippen LogP contribution in [0.2, 0.25) is 0 Å². The highest BCUT2D eigenvalue weighted by Crippen LogP contribution is 2.29. The van der Waals surface area contributed by atoms with Gasteiger partial charge in [0.2, 0.25) is 0 Å². The van der Waals surface area contributed by atoms with Crippen molar-refractivity contribution in [2.24, 2.45) is 0 Å². The number of piperazine rings is 1. The molecule has 0 saturated carbocycles. The number of carbonyl (C=O) groups is 1. The fourth-order valence-corrected chi connectivity index (χ4v) is 3.56. The van der Waals surface area contributed by atoms with E-state index in [1.807, 2.05) is 29.2 Å². The lowest BCUT2D eigenvalue weighted by Gasteiger charge is -2.35. The zero-order valence-corrected chi connectivity index (χ0v) is 15.4. The van der Waals surface area contributed by atoms with Crippen LogP contribution in [-0.4, -0.2) is 54.0 Å². The summed E-state index contributed by atoms with van der Waals surface area (Å²) in [6.45, 7) is 2.10. The number of nitrogens with zero attached hydrogens (tertiary/aromatic N) is 3. The number of rotatable bonds is 4. The summed E-state index contributed by atoms with van der Waals surface area (Å²) < 4.78 is 5.22. The molecular weight excluding hydrogens is 360 g/mol. The number of anilines is 1. The van der Waals surface area contributed by atoms with Gasteiger partial charge in [0.25, 0.3) is 11.6 Å². The monoisotopic (exact) mass is 380 g/mol. The number of amides is 1. The van der Waals surface area contributed by atoms with Crippen molar-refractivity contribution in [1.29, 1.82) is 0 Å². The molecule has 1 amide bonds. The van der Waals surface area contributed by atoms with Crippen LogP contribution >= 0.6 is 0 Å². The fourth-order valence-electron chi connectivity index (χ4n) is 3.56. The SMILES string of the molecule is COc1ccc2cc(C(=O)N3CCN(c4ccccc4[N+](=O)[O-])CC3)[nH]c2c1. The van der Waals surface area contributed by atoms with Gasteiger partial charge < -0.3 is 19.5 Å². The van der Waals surface area contributed by atoms with Crippen LogP contribution < -0.4 is 9.64 Å². The topological polar surface area (TPSA) is 91.7 Å². The van der Waals surface area contributed by atoms with Crippen LogP contribution in [0.1, 0.15) is 10.5 Å². The van der Waals surface area contributed by atoms with E-state index < -0.39 is 0 Å². The number of nitro benzene ring substituents is 1. The minimum absolute atomic E-state index is 0.0719. The Morgan fingerprint density at radius 1 is 1.11 bits per heavy atom. The molecular formula is C20H20N4O4. The summed E-state index contributed by atoms with van der Waals surface area (Å²) >= 11 is 0. The van der Waals surface area contributed by atoms with E-state index in [1.54, 1.807) is 30.2 Å². The van der Waals surface area contributed by atoms with E-state index in [4.69, 9.17) is 4.74 Å². The second-order valence-electron chi connectivity index (χ2n) is 6.66. The van der Waals surface area contributed by atoms with E-state index >= 15 is 0 Å². The van der Waals surface area contributed by atoms with E-state index in [-0.39, 0.29) is 16.5 Å². The molecule has 1 N–H and O–H groups in total. The van der Waals surface area contributed by atoms with Crippen molar-refractivity contribution in [3.05, 3.63) is 64.3 Å². The second-order valence-corrected chi connectivity index (χ2v) is 6.66. The first-order chi connectivity index (χ1) is 13.6. The average Bonchev–Trinajstić information content (AvgIpc) is 3.16. The minimum atomic E-state index is -0.369. The molecule has 0 unspecified atom stereocenters. The Kier molecular flexibility index (Phi) is 4.60. The molecule has 1 fully saturated rings. The lowest BCUT2D eigenvalue weighted by atomic mass is 10.2. The molecule has 1 aliphatic heterocycles. The molecule has 0 atom stereocenters. The third kappa shape index (κ3) is 3.24. The second kappa shape index (κ2) is 7.22. The molecule has 1 aromatic heterocycles. The van der Waals surface area contributed by atoms with Gasteiger partial charge in [-0.3, -0.25) is 14.9 Å². The van der Waals surface area contributed by atoms with Gasteiger partial charge in [0.1, 0.15) is 17.1 Å². The van der Waals surface area contributed by atoms with Crippen molar-refractivity contribution in [2.45, 2.75) is 0 Å². The van der Waals surface area contributed by atoms with E-state index in [1.165, 1.54) is 6.07 Å². The molecule has 8 nitrogen and oxygen atoms in total. The Labute approximate surface area is 161 Å². The third-order valence-corrected chi connectivity index (χ3v) is 5.05. The van der Waals surface area contributed by atoms with Gasteiger partial charge in [-0.25, -0.2) is 0 Å². The highest BCUT2D eigenvalue weighted by molar-refractivity contribution is 5.98. The minimum Gasteiger partial charge on any atom is -0.497 e. The zero-order valence-electron chi connectivity index (χ0n) is 15.4. The number of methoxy groups -OCH3 is 1. The van der Waals surface area contributed by atoms with Crippen LogP contribution in [0.5, 0.6) is 5.75 Å². The summed E-state index contributed by atoms with van der Waals surface area (Å²) in [5.74, 6) is 0.656. The first kappa shape index (κ1) is 17.8. The van der Waals surface area contributed by atoms with E-state index in [9.17, 15) is 14.9 Å².